The SMILES string of the molecule is CC.COC(=O)CCC1C=C=C(c2ccccc2)/C(c2ccccc2)=C/C=C/N1.[HH]. The number of allylic oxidation sites excluding steroid dienone is 3. The van der Waals surface area contributed by atoms with E-state index < -0.39 is 0 Å². The highest BCUT2D eigenvalue weighted by Crippen LogP contribution is 2.31. The largest absolute Gasteiger partial charge is 0.469 e. The maximum absolute atomic E-state index is 11.5. The highest BCUT2D eigenvalue weighted by Gasteiger charge is 2.12. The van der Waals surface area contributed by atoms with Gasteiger partial charge in [0.15, 0.2) is 0 Å². The van der Waals surface area contributed by atoms with E-state index >= 15 is 0 Å². The number of rotatable bonds is 5. The van der Waals surface area contributed by atoms with Crippen LogP contribution < -0.4 is 5.32 Å². The van der Waals surface area contributed by atoms with Crippen molar-refractivity contribution in [1.82, 2.24) is 5.32 Å². The standard InChI is InChI=1S/C24H23NO2.C2H6.H2/c1-27-24(26)17-15-21-14-16-23(20-11-6-3-7-12-20)22(13-8-18-25-21)19-9-4-2-5-10-19;1-2;/h2-14,18,21,25H,15,17H2,1H3;1-2H3;1H/b18-8+,22-13+;;. The second kappa shape index (κ2) is 12.2. The van der Waals surface area contributed by atoms with Gasteiger partial charge in [-0.25, -0.2) is 0 Å². The average Bonchev–Trinajstić information content (AvgIpc) is 2.90. The number of hydrogen-bond donors (Lipinski definition) is 1. The Morgan fingerprint density at radius 2 is 1.66 bits per heavy atom. The highest BCUT2D eigenvalue weighted by atomic mass is 16.5. The third-order valence-corrected chi connectivity index (χ3v) is 4.40. The maximum Gasteiger partial charge on any atom is 0.305 e. The summed E-state index contributed by atoms with van der Waals surface area (Å²) in [6, 6.07) is 20.5. The molecule has 0 radical (unpaired) electrons. The van der Waals surface area contributed by atoms with E-state index in [0.29, 0.717) is 12.8 Å². The number of ether oxygens (including phenoxy) is 1. The molecule has 0 aliphatic carbocycles. The zero-order valence-electron chi connectivity index (χ0n) is 17.4. The highest BCUT2D eigenvalue weighted by molar-refractivity contribution is 6.05. The van der Waals surface area contributed by atoms with Crippen molar-refractivity contribution in [2.45, 2.75) is 32.7 Å². The Morgan fingerprint density at radius 1 is 1.03 bits per heavy atom. The molecule has 1 heterocycles. The van der Waals surface area contributed by atoms with Crippen LogP contribution in [0.4, 0.5) is 0 Å². The van der Waals surface area contributed by atoms with Gasteiger partial charge in [0.05, 0.1) is 13.2 Å². The minimum atomic E-state index is -0.204. The number of methoxy groups -OCH3 is 1. The van der Waals surface area contributed by atoms with Gasteiger partial charge >= 0.3 is 5.97 Å². The number of hydrogen-bond acceptors (Lipinski definition) is 3. The topological polar surface area (TPSA) is 38.3 Å². The van der Waals surface area contributed by atoms with Crippen molar-refractivity contribution in [3.8, 4) is 0 Å². The lowest BCUT2D eigenvalue weighted by Gasteiger charge is -2.12. The molecule has 1 N–H and O–H groups in total. The van der Waals surface area contributed by atoms with Crippen LogP contribution in [0.5, 0.6) is 0 Å². The van der Waals surface area contributed by atoms with Crippen molar-refractivity contribution in [2.75, 3.05) is 7.11 Å². The minimum Gasteiger partial charge on any atom is -0.469 e. The van der Waals surface area contributed by atoms with Crippen LogP contribution in [0.3, 0.4) is 0 Å². The number of nitrogens with one attached hydrogen (secondary N) is 1. The first-order chi connectivity index (χ1) is 14.3. The Labute approximate surface area is 175 Å². The first kappa shape index (κ1) is 22.0. The molecule has 2 aromatic rings. The van der Waals surface area contributed by atoms with Gasteiger partial charge in [-0.15, -0.1) is 5.73 Å². The van der Waals surface area contributed by atoms with E-state index in [1.165, 1.54) is 7.11 Å². The summed E-state index contributed by atoms with van der Waals surface area (Å²) < 4.78 is 4.75. The molecule has 3 nitrogen and oxygen atoms in total. The molecule has 0 fully saturated rings. The Balaban J connectivity index is 0.00000146. The summed E-state index contributed by atoms with van der Waals surface area (Å²) in [7, 11) is 1.41. The fourth-order valence-corrected chi connectivity index (χ4v) is 2.96. The van der Waals surface area contributed by atoms with Crippen LogP contribution in [-0.4, -0.2) is 19.1 Å². The van der Waals surface area contributed by atoms with Crippen molar-refractivity contribution < 1.29 is 11.0 Å². The van der Waals surface area contributed by atoms with Gasteiger partial charge in [0.1, 0.15) is 0 Å². The minimum absolute atomic E-state index is 0. The Bertz CT molecular complexity index is 895. The molecule has 1 unspecified atom stereocenters. The molecule has 2 aromatic carbocycles. The van der Waals surface area contributed by atoms with Gasteiger partial charge in [-0.2, -0.15) is 0 Å². The van der Waals surface area contributed by atoms with E-state index in [9.17, 15) is 4.79 Å². The van der Waals surface area contributed by atoms with E-state index in [2.05, 4.69) is 41.4 Å². The summed E-state index contributed by atoms with van der Waals surface area (Å²) in [6.07, 6.45) is 9.01. The molecular weight excluding hydrogens is 358 g/mol. The Kier molecular flexibility index (Phi) is 9.28. The van der Waals surface area contributed by atoms with Crippen LogP contribution in [0.2, 0.25) is 0 Å². The second-order valence-electron chi connectivity index (χ2n) is 6.25. The summed E-state index contributed by atoms with van der Waals surface area (Å²) in [4.78, 5) is 11.5. The van der Waals surface area contributed by atoms with Gasteiger partial charge in [0.2, 0.25) is 0 Å². The molecule has 0 amide bonds. The van der Waals surface area contributed by atoms with Crippen molar-refractivity contribution in [2.24, 2.45) is 0 Å². The number of esters is 1. The molecular formula is C26H31NO2. The zero-order chi connectivity index (χ0) is 20.9. The molecule has 0 saturated carbocycles. The zero-order valence-corrected chi connectivity index (χ0v) is 17.4. The van der Waals surface area contributed by atoms with E-state index in [0.717, 1.165) is 22.3 Å². The van der Waals surface area contributed by atoms with Crippen LogP contribution >= 0.6 is 0 Å². The lowest BCUT2D eigenvalue weighted by molar-refractivity contribution is -0.140. The van der Waals surface area contributed by atoms with E-state index in [-0.39, 0.29) is 13.4 Å². The van der Waals surface area contributed by atoms with Crippen molar-refractivity contribution >= 4 is 17.1 Å². The Morgan fingerprint density at radius 3 is 2.28 bits per heavy atom. The maximum atomic E-state index is 11.5. The summed E-state index contributed by atoms with van der Waals surface area (Å²) in [5.41, 5.74) is 7.85. The smallest absolute Gasteiger partial charge is 0.305 e. The summed E-state index contributed by atoms with van der Waals surface area (Å²) in [6.45, 7) is 4.00. The molecule has 0 aromatic heterocycles. The van der Waals surface area contributed by atoms with Crippen molar-refractivity contribution in [3.05, 3.63) is 102 Å². The van der Waals surface area contributed by atoms with Crippen LogP contribution in [0.1, 0.15) is 39.2 Å². The molecule has 1 aliphatic rings. The van der Waals surface area contributed by atoms with Crippen molar-refractivity contribution in [3.63, 3.8) is 0 Å². The quantitative estimate of drug-likeness (QED) is 0.502. The summed E-state index contributed by atoms with van der Waals surface area (Å²) >= 11 is 0. The predicted molar refractivity (Wildman–Crippen MR) is 123 cm³/mol. The number of carbonyl (C=O) groups is 1. The fraction of sp³-hybridized carbons (Fsp3) is 0.231. The van der Waals surface area contributed by atoms with Gasteiger partial charge in [0.25, 0.3) is 0 Å². The predicted octanol–water partition coefficient (Wildman–Crippen LogP) is 6.02. The molecule has 0 bridgehead atoms. The van der Waals surface area contributed by atoms with Crippen LogP contribution in [0, 0.1) is 0 Å². The number of carbonyl (C=O) groups excluding carboxylic acids is 1. The van der Waals surface area contributed by atoms with Gasteiger partial charge < -0.3 is 10.1 Å². The van der Waals surface area contributed by atoms with Gasteiger partial charge in [0, 0.05) is 13.4 Å². The van der Waals surface area contributed by atoms with Crippen LogP contribution in [0.25, 0.3) is 11.1 Å². The fourth-order valence-electron chi connectivity index (χ4n) is 2.96. The molecule has 3 rings (SSSR count). The molecule has 1 atom stereocenters. The molecule has 0 saturated heterocycles. The van der Waals surface area contributed by atoms with E-state index in [1.807, 2.05) is 68.6 Å². The number of benzene rings is 2. The normalized spacial score (nSPS) is 18.2. The lowest BCUT2D eigenvalue weighted by Crippen LogP contribution is -2.22. The Hall–Kier alpha value is -3.29. The second-order valence-corrected chi connectivity index (χ2v) is 6.25. The first-order valence-corrected chi connectivity index (χ1v) is 10.1. The third kappa shape index (κ3) is 6.67. The molecule has 29 heavy (non-hydrogen) atoms. The molecule has 1 aliphatic heterocycles. The first-order valence-electron chi connectivity index (χ1n) is 10.1. The van der Waals surface area contributed by atoms with Gasteiger partial charge in [-0.1, -0.05) is 80.6 Å². The molecule has 3 heteroatoms. The molecule has 152 valence electrons. The van der Waals surface area contributed by atoms with E-state index in [4.69, 9.17) is 4.74 Å². The monoisotopic (exact) mass is 389 g/mol. The molecule has 0 spiro atoms. The average molecular weight is 390 g/mol. The summed E-state index contributed by atoms with van der Waals surface area (Å²) in [5, 5.41) is 3.32. The van der Waals surface area contributed by atoms with Crippen LogP contribution in [-0.2, 0) is 9.53 Å². The van der Waals surface area contributed by atoms with E-state index in [1.54, 1.807) is 0 Å². The van der Waals surface area contributed by atoms with Gasteiger partial charge in [-0.05, 0) is 41.5 Å². The third-order valence-electron chi connectivity index (χ3n) is 4.40. The van der Waals surface area contributed by atoms with Crippen molar-refractivity contribution in [1.29, 1.82) is 0 Å². The summed E-state index contributed by atoms with van der Waals surface area (Å²) in [5.74, 6) is -0.204. The van der Waals surface area contributed by atoms with Crippen LogP contribution in [0.15, 0.2) is 90.8 Å². The lowest BCUT2D eigenvalue weighted by atomic mass is 9.92. The van der Waals surface area contributed by atoms with Gasteiger partial charge in [-0.3, -0.25) is 4.79 Å².